The van der Waals surface area contributed by atoms with E-state index in [1.54, 1.807) is 11.3 Å². The zero-order chi connectivity index (χ0) is 11.5. The zero-order valence-electron chi connectivity index (χ0n) is 9.19. The number of hydrogen-bond donors (Lipinski definition) is 1. The van der Waals surface area contributed by atoms with Crippen LogP contribution in [0.25, 0.3) is 0 Å². The molecule has 1 unspecified atom stereocenters. The van der Waals surface area contributed by atoms with Gasteiger partial charge in [0, 0.05) is 33.2 Å². The number of nitrogens with zero attached hydrogens (tertiary/aromatic N) is 1. The molecule has 2 aromatic heterocycles. The Morgan fingerprint density at radius 3 is 3.00 bits per heavy atom. The average molecular weight is 299 g/mol. The van der Waals surface area contributed by atoms with E-state index in [2.05, 4.69) is 57.3 Å². The van der Waals surface area contributed by atoms with Crippen LogP contribution < -0.4 is 5.73 Å². The molecule has 1 atom stereocenters. The summed E-state index contributed by atoms with van der Waals surface area (Å²) in [6, 6.07) is 4.43. The number of rotatable bonds is 4. The minimum absolute atomic E-state index is 0.163. The first-order valence-electron chi connectivity index (χ1n) is 5.33. The molecule has 2 aromatic rings. The molecule has 16 heavy (non-hydrogen) atoms. The second-order valence-electron chi connectivity index (χ2n) is 3.86. The van der Waals surface area contributed by atoms with E-state index in [1.165, 1.54) is 10.4 Å². The molecule has 0 saturated carbocycles. The molecule has 0 radical (unpaired) electrons. The molecule has 86 valence electrons. The summed E-state index contributed by atoms with van der Waals surface area (Å²) in [6.45, 7) is 3.03. The summed E-state index contributed by atoms with van der Waals surface area (Å²) in [5.74, 6) is 0. The van der Waals surface area contributed by atoms with E-state index in [0.29, 0.717) is 0 Å². The predicted molar refractivity (Wildman–Crippen MR) is 72.8 cm³/mol. The maximum atomic E-state index is 5.99. The largest absolute Gasteiger partial charge is 0.349 e. The first kappa shape index (κ1) is 11.9. The molecule has 2 nitrogen and oxygen atoms in total. The number of nitrogens with two attached hydrogens (primary N) is 1. The third kappa shape index (κ3) is 2.75. The highest BCUT2D eigenvalue weighted by Gasteiger charge is 2.05. The van der Waals surface area contributed by atoms with Crippen molar-refractivity contribution >= 4 is 27.3 Å². The maximum absolute atomic E-state index is 5.99. The van der Waals surface area contributed by atoms with E-state index in [0.717, 1.165) is 17.4 Å². The summed E-state index contributed by atoms with van der Waals surface area (Å²) in [4.78, 5) is 1.35. The van der Waals surface area contributed by atoms with Gasteiger partial charge in [-0.3, -0.25) is 0 Å². The first-order chi connectivity index (χ1) is 7.69. The molecule has 0 amide bonds. The van der Waals surface area contributed by atoms with Crippen molar-refractivity contribution in [2.45, 2.75) is 25.9 Å². The van der Waals surface area contributed by atoms with Crippen molar-refractivity contribution in [2.75, 3.05) is 0 Å². The lowest BCUT2D eigenvalue weighted by atomic mass is 10.1. The minimum atomic E-state index is 0.163. The van der Waals surface area contributed by atoms with Gasteiger partial charge in [-0.2, -0.15) is 0 Å². The molecule has 2 rings (SSSR count). The van der Waals surface area contributed by atoms with Gasteiger partial charge in [-0.05, 0) is 40.0 Å². The van der Waals surface area contributed by atoms with Gasteiger partial charge in [0.15, 0.2) is 0 Å². The van der Waals surface area contributed by atoms with Crippen molar-refractivity contribution < 1.29 is 0 Å². The molecule has 0 saturated heterocycles. The Labute approximate surface area is 108 Å². The Hall–Kier alpha value is -0.580. The van der Waals surface area contributed by atoms with Crippen LogP contribution in [0.15, 0.2) is 34.4 Å². The summed E-state index contributed by atoms with van der Waals surface area (Å²) in [6.07, 6.45) is 5.22. The lowest BCUT2D eigenvalue weighted by Gasteiger charge is -2.05. The van der Waals surface area contributed by atoms with Gasteiger partial charge >= 0.3 is 0 Å². The Bertz CT molecular complexity index is 461. The molecule has 2 N–H and O–H groups in total. The molecule has 0 aromatic carbocycles. The Kier molecular flexibility index (Phi) is 3.84. The first-order valence-corrected chi connectivity index (χ1v) is 7.00. The van der Waals surface area contributed by atoms with Gasteiger partial charge in [0.25, 0.3) is 0 Å². The van der Waals surface area contributed by atoms with Crippen LogP contribution in [0.1, 0.15) is 29.8 Å². The second-order valence-corrected chi connectivity index (χ2v) is 5.77. The fourth-order valence-electron chi connectivity index (χ4n) is 1.63. The van der Waals surface area contributed by atoms with Crippen molar-refractivity contribution in [1.29, 1.82) is 0 Å². The van der Waals surface area contributed by atoms with E-state index >= 15 is 0 Å². The Balaban J connectivity index is 2.08. The monoisotopic (exact) mass is 298 g/mol. The Morgan fingerprint density at radius 2 is 2.38 bits per heavy atom. The summed E-state index contributed by atoms with van der Waals surface area (Å²) in [7, 11) is 0. The van der Waals surface area contributed by atoms with Crippen LogP contribution in [0, 0.1) is 0 Å². The van der Waals surface area contributed by atoms with Crippen molar-refractivity contribution in [3.63, 3.8) is 0 Å². The third-order valence-corrected chi connectivity index (χ3v) is 4.28. The van der Waals surface area contributed by atoms with Crippen molar-refractivity contribution in [3.8, 4) is 0 Å². The lowest BCUT2D eigenvalue weighted by molar-refractivity contribution is 0.693. The SMILES string of the molecule is CCC(N)c1ccn(Cc2cc(Br)cs2)c1. The van der Waals surface area contributed by atoms with Gasteiger partial charge in [0.2, 0.25) is 0 Å². The smallest absolute Gasteiger partial charge is 0.0564 e. The standard InChI is InChI=1S/C12H15BrN2S/c1-2-12(14)9-3-4-15(6-9)7-11-5-10(13)8-16-11/h3-6,8,12H,2,7,14H2,1H3. The lowest BCUT2D eigenvalue weighted by Crippen LogP contribution is -2.07. The molecule has 2 heterocycles. The number of halogens is 1. The van der Waals surface area contributed by atoms with Gasteiger partial charge in [0.05, 0.1) is 6.54 Å². The van der Waals surface area contributed by atoms with Gasteiger partial charge < -0.3 is 10.3 Å². The Morgan fingerprint density at radius 1 is 1.56 bits per heavy atom. The highest BCUT2D eigenvalue weighted by Crippen LogP contribution is 2.21. The van der Waals surface area contributed by atoms with Gasteiger partial charge in [-0.25, -0.2) is 0 Å². The van der Waals surface area contributed by atoms with Crippen molar-refractivity contribution in [2.24, 2.45) is 5.73 Å². The van der Waals surface area contributed by atoms with Crippen LogP contribution in [0.2, 0.25) is 0 Å². The van der Waals surface area contributed by atoms with Crippen molar-refractivity contribution in [1.82, 2.24) is 4.57 Å². The molecular weight excluding hydrogens is 284 g/mol. The molecule has 0 spiro atoms. The molecule has 4 heteroatoms. The second kappa shape index (κ2) is 5.17. The summed E-state index contributed by atoms with van der Waals surface area (Å²) in [5, 5.41) is 2.11. The van der Waals surface area contributed by atoms with Crippen LogP contribution in [-0.4, -0.2) is 4.57 Å². The molecular formula is C12H15BrN2S. The van der Waals surface area contributed by atoms with Crippen LogP contribution in [-0.2, 0) is 6.54 Å². The van der Waals surface area contributed by atoms with E-state index in [1.807, 2.05) is 0 Å². The highest BCUT2D eigenvalue weighted by atomic mass is 79.9. The van der Waals surface area contributed by atoms with Crippen LogP contribution >= 0.6 is 27.3 Å². The van der Waals surface area contributed by atoms with Crippen LogP contribution in [0.3, 0.4) is 0 Å². The predicted octanol–water partition coefficient (Wildman–Crippen LogP) is 3.77. The van der Waals surface area contributed by atoms with Gasteiger partial charge in [-0.15, -0.1) is 11.3 Å². The van der Waals surface area contributed by atoms with Crippen LogP contribution in [0.4, 0.5) is 0 Å². The van der Waals surface area contributed by atoms with E-state index in [9.17, 15) is 0 Å². The van der Waals surface area contributed by atoms with Gasteiger partial charge in [-0.1, -0.05) is 6.92 Å². The van der Waals surface area contributed by atoms with E-state index < -0.39 is 0 Å². The van der Waals surface area contributed by atoms with E-state index in [-0.39, 0.29) is 6.04 Å². The highest BCUT2D eigenvalue weighted by molar-refractivity contribution is 9.10. The maximum Gasteiger partial charge on any atom is 0.0564 e. The summed E-state index contributed by atoms with van der Waals surface area (Å²) >= 11 is 5.24. The number of thiophene rings is 1. The normalized spacial score (nSPS) is 12.9. The molecule has 0 aliphatic carbocycles. The van der Waals surface area contributed by atoms with E-state index in [4.69, 9.17) is 5.73 Å². The molecule has 0 fully saturated rings. The topological polar surface area (TPSA) is 30.9 Å². The average Bonchev–Trinajstić information content (AvgIpc) is 2.87. The van der Waals surface area contributed by atoms with Crippen LogP contribution in [0.5, 0.6) is 0 Å². The fourth-order valence-corrected chi connectivity index (χ4v) is 3.09. The number of aromatic nitrogens is 1. The third-order valence-electron chi connectivity index (χ3n) is 2.60. The van der Waals surface area contributed by atoms with Gasteiger partial charge in [0.1, 0.15) is 0 Å². The molecule has 0 aliphatic rings. The van der Waals surface area contributed by atoms with Crippen molar-refractivity contribution in [3.05, 3.63) is 44.8 Å². The fraction of sp³-hybridized carbons (Fsp3) is 0.333. The molecule has 0 aliphatic heterocycles. The summed E-state index contributed by atoms with van der Waals surface area (Å²) in [5.41, 5.74) is 7.21. The number of hydrogen-bond acceptors (Lipinski definition) is 2. The minimum Gasteiger partial charge on any atom is -0.349 e. The zero-order valence-corrected chi connectivity index (χ0v) is 11.6. The summed E-state index contributed by atoms with van der Waals surface area (Å²) < 4.78 is 3.34. The quantitative estimate of drug-likeness (QED) is 0.915. The molecule has 0 bridgehead atoms.